The van der Waals surface area contributed by atoms with Crippen LogP contribution in [0.15, 0.2) is 29.3 Å². The quantitative estimate of drug-likeness (QED) is 0.115. The summed E-state index contributed by atoms with van der Waals surface area (Å²) in [6.07, 6.45) is 33.1. The zero-order valence-electron chi connectivity index (χ0n) is 33.6. The summed E-state index contributed by atoms with van der Waals surface area (Å²) in [6, 6.07) is 0. The summed E-state index contributed by atoms with van der Waals surface area (Å²) >= 11 is 0. The van der Waals surface area contributed by atoms with Gasteiger partial charge in [-0.25, -0.2) is 0 Å². The SMILES string of the molecule is C=C=C=C=C1C(CCCCC)CC(=O)OCCCCCCCCC(CCCN2CCCCC2)CCCCCCCCOC(=O)CC1CCCCC. The third-order valence-electron chi connectivity index (χ3n) is 11.4. The number of cyclic esters (lactones) is 2. The van der Waals surface area contributed by atoms with Gasteiger partial charge in [-0.2, -0.15) is 0 Å². The topological polar surface area (TPSA) is 55.8 Å². The van der Waals surface area contributed by atoms with Gasteiger partial charge in [0.15, 0.2) is 0 Å². The first-order valence-electron chi connectivity index (χ1n) is 22.0. The standard InChI is InChI=1S/C46H79NO4/c1-4-7-19-31-42-39-45(48)50-37-25-16-12-10-14-21-28-41(30-27-36-47-34-23-18-24-35-47)29-22-15-11-13-17-26-38-51-46(49)40-43(32-20-8-5-2)44(42)33-9-6-3/h41-43H,3-5,7-8,10-32,34-40H2,1-2H3. The predicted molar refractivity (Wildman–Crippen MR) is 214 cm³/mol. The highest BCUT2D eigenvalue weighted by molar-refractivity contribution is 5.71. The molecule has 2 unspecified atom stereocenters. The highest BCUT2D eigenvalue weighted by Gasteiger charge is 2.28. The normalized spacial score (nSPS) is 24.0. The highest BCUT2D eigenvalue weighted by atomic mass is 16.5. The maximum absolute atomic E-state index is 13.2. The second kappa shape index (κ2) is 31.5. The lowest BCUT2D eigenvalue weighted by atomic mass is 9.79. The molecule has 0 saturated carbocycles. The van der Waals surface area contributed by atoms with Crippen LogP contribution in [0.4, 0.5) is 0 Å². The van der Waals surface area contributed by atoms with E-state index in [9.17, 15) is 9.59 Å². The van der Waals surface area contributed by atoms with Crippen LogP contribution in [0.1, 0.15) is 200 Å². The molecule has 2 saturated heterocycles. The Balaban J connectivity index is 2.03. The van der Waals surface area contributed by atoms with E-state index in [-0.39, 0.29) is 23.8 Å². The largest absolute Gasteiger partial charge is 0.466 e. The van der Waals surface area contributed by atoms with Crippen molar-refractivity contribution in [1.29, 1.82) is 0 Å². The van der Waals surface area contributed by atoms with Crippen molar-refractivity contribution >= 4 is 11.9 Å². The molecule has 51 heavy (non-hydrogen) atoms. The molecule has 0 aromatic heterocycles. The van der Waals surface area contributed by atoms with Crippen LogP contribution >= 0.6 is 0 Å². The summed E-state index contributed by atoms with van der Waals surface area (Å²) in [7, 11) is 0. The zero-order valence-corrected chi connectivity index (χ0v) is 33.6. The van der Waals surface area contributed by atoms with Crippen LogP contribution in [0.2, 0.25) is 0 Å². The van der Waals surface area contributed by atoms with Crippen LogP contribution in [-0.2, 0) is 19.1 Å². The van der Waals surface area contributed by atoms with Crippen LogP contribution < -0.4 is 0 Å². The van der Waals surface area contributed by atoms with Crippen molar-refractivity contribution in [1.82, 2.24) is 4.90 Å². The summed E-state index contributed by atoms with van der Waals surface area (Å²) < 4.78 is 11.6. The number of likely N-dealkylation sites (tertiary alicyclic amines) is 1. The summed E-state index contributed by atoms with van der Waals surface area (Å²) in [4.78, 5) is 29.2. The molecule has 0 spiro atoms. The fourth-order valence-corrected chi connectivity index (χ4v) is 8.27. The van der Waals surface area contributed by atoms with Gasteiger partial charge in [0, 0.05) is 0 Å². The molecule has 5 nitrogen and oxygen atoms in total. The first kappa shape index (κ1) is 45.1. The Kier molecular flexibility index (Phi) is 27.9. The summed E-state index contributed by atoms with van der Waals surface area (Å²) in [6.45, 7) is 13.0. The Hall–Kier alpha value is -2.02. The van der Waals surface area contributed by atoms with Crippen molar-refractivity contribution in [3.63, 3.8) is 0 Å². The molecular weight excluding hydrogens is 631 g/mol. The molecule has 0 aromatic rings. The fourth-order valence-electron chi connectivity index (χ4n) is 8.27. The Morgan fingerprint density at radius 2 is 1.08 bits per heavy atom. The number of hydrogen-bond acceptors (Lipinski definition) is 5. The van der Waals surface area contributed by atoms with Gasteiger partial charge in [0.2, 0.25) is 0 Å². The van der Waals surface area contributed by atoms with Crippen LogP contribution in [0.5, 0.6) is 0 Å². The number of ether oxygens (including phenoxy) is 2. The minimum Gasteiger partial charge on any atom is -0.466 e. The molecule has 0 aliphatic carbocycles. The number of nitrogens with zero attached hydrogens (tertiary/aromatic N) is 1. The van der Waals surface area contributed by atoms with E-state index < -0.39 is 0 Å². The van der Waals surface area contributed by atoms with Crippen LogP contribution in [-0.4, -0.2) is 49.7 Å². The van der Waals surface area contributed by atoms with E-state index in [0.717, 1.165) is 88.5 Å². The molecule has 5 heteroatoms. The average Bonchev–Trinajstić information content (AvgIpc) is 3.13. The third-order valence-corrected chi connectivity index (χ3v) is 11.4. The second-order valence-electron chi connectivity index (χ2n) is 15.8. The van der Waals surface area contributed by atoms with Crippen LogP contribution in [0, 0.1) is 17.8 Å². The molecule has 0 N–H and O–H groups in total. The lowest BCUT2D eigenvalue weighted by Crippen LogP contribution is -2.30. The summed E-state index contributed by atoms with van der Waals surface area (Å²) in [5.74, 6) is 0.539. The van der Waals surface area contributed by atoms with E-state index in [1.54, 1.807) is 0 Å². The first-order chi connectivity index (χ1) is 25.1. The monoisotopic (exact) mass is 710 g/mol. The summed E-state index contributed by atoms with van der Waals surface area (Å²) in [5.41, 5.74) is 10.0. The maximum Gasteiger partial charge on any atom is 0.306 e. The Labute approximate surface area is 315 Å². The number of carbonyl (C=O) groups is 2. The van der Waals surface area contributed by atoms with Gasteiger partial charge in [0.05, 0.1) is 26.1 Å². The molecule has 2 heterocycles. The molecule has 2 aliphatic heterocycles. The Bertz CT molecular complexity index is 960. The number of rotatable bonds is 12. The van der Waals surface area contributed by atoms with E-state index in [1.807, 2.05) is 0 Å². The average molecular weight is 710 g/mol. The number of allylic oxidation sites excluding steroid dienone is 1. The minimum absolute atomic E-state index is 0.0310. The number of hydrogen-bond donors (Lipinski definition) is 0. The van der Waals surface area contributed by atoms with Gasteiger partial charge in [0.25, 0.3) is 0 Å². The molecule has 2 rings (SSSR count). The Morgan fingerprint density at radius 3 is 1.57 bits per heavy atom. The molecule has 2 atom stereocenters. The predicted octanol–water partition coefficient (Wildman–Crippen LogP) is 12.6. The van der Waals surface area contributed by atoms with E-state index in [0.29, 0.717) is 26.1 Å². The van der Waals surface area contributed by atoms with Crippen molar-refractivity contribution in [3.05, 3.63) is 29.3 Å². The fraction of sp³-hybridized carbons (Fsp3) is 0.848. The van der Waals surface area contributed by atoms with Crippen molar-refractivity contribution < 1.29 is 19.1 Å². The number of piperidine rings is 1. The molecule has 292 valence electrons. The lowest BCUT2D eigenvalue weighted by molar-refractivity contribution is -0.145. The number of unbranched alkanes of at least 4 members (excludes halogenated alkanes) is 4. The smallest absolute Gasteiger partial charge is 0.306 e. The van der Waals surface area contributed by atoms with E-state index in [4.69, 9.17) is 9.47 Å². The molecule has 0 radical (unpaired) electrons. The van der Waals surface area contributed by atoms with Crippen LogP contribution in [0.25, 0.3) is 0 Å². The van der Waals surface area contributed by atoms with Gasteiger partial charge in [0.1, 0.15) is 0 Å². The number of esters is 2. The minimum atomic E-state index is -0.138. The number of carbonyl (C=O) groups excluding carboxylic acids is 2. The maximum atomic E-state index is 13.2. The van der Waals surface area contributed by atoms with Crippen molar-refractivity contribution in [2.75, 3.05) is 32.8 Å². The molecule has 0 bridgehead atoms. The van der Waals surface area contributed by atoms with Crippen molar-refractivity contribution in [3.8, 4) is 0 Å². The zero-order chi connectivity index (χ0) is 36.6. The van der Waals surface area contributed by atoms with E-state index in [2.05, 4.69) is 42.5 Å². The molecule has 2 aliphatic rings. The van der Waals surface area contributed by atoms with Gasteiger partial charge in [-0.3, -0.25) is 9.59 Å². The van der Waals surface area contributed by atoms with Crippen LogP contribution in [0.3, 0.4) is 0 Å². The summed E-state index contributed by atoms with van der Waals surface area (Å²) in [5, 5.41) is 0. The molecule has 0 amide bonds. The van der Waals surface area contributed by atoms with Gasteiger partial charge < -0.3 is 14.4 Å². The first-order valence-corrected chi connectivity index (χ1v) is 22.0. The molecular formula is C46H79NO4. The van der Waals surface area contributed by atoms with Gasteiger partial charge in [-0.1, -0.05) is 147 Å². The van der Waals surface area contributed by atoms with E-state index >= 15 is 0 Å². The van der Waals surface area contributed by atoms with Gasteiger partial charge in [-0.15, -0.1) is 0 Å². The lowest BCUT2D eigenvalue weighted by Gasteiger charge is -2.27. The molecule has 2 fully saturated rings. The molecule has 0 aromatic carbocycles. The third kappa shape index (κ3) is 23.3. The second-order valence-corrected chi connectivity index (χ2v) is 15.8. The van der Waals surface area contributed by atoms with E-state index in [1.165, 1.54) is 116 Å². The Morgan fingerprint density at radius 1 is 0.608 bits per heavy atom. The highest BCUT2D eigenvalue weighted by Crippen LogP contribution is 2.34. The van der Waals surface area contributed by atoms with Crippen molar-refractivity contribution in [2.45, 2.75) is 200 Å². The van der Waals surface area contributed by atoms with Gasteiger partial charge in [-0.05, 0) is 107 Å². The van der Waals surface area contributed by atoms with Gasteiger partial charge >= 0.3 is 11.9 Å². The van der Waals surface area contributed by atoms with Crippen molar-refractivity contribution in [2.24, 2.45) is 17.8 Å².